The van der Waals surface area contributed by atoms with Crippen LogP contribution in [0.15, 0.2) is 54.7 Å². The number of halogens is 1. The highest BCUT2D eigenvalue weighted by Gasteiger charge is 2.22. The number of para-hydroxylation sites is 1. The lowest BCUT2D eigenvalue weighted by Crippen LogP contribution is -2.49. The fourth-order valence-electron chi connectivity index (χ4n) is 3.42. The number of nitrogens with one attached hydrogen (secondary N) is 1. The molecule has 4 rings (SSSR count). The number of anilines is 1. The van der Waals surface area contributed by atoms with Crippen molar-refractivity contribution in [3.63, 3.8) is 0 Å². The van der Waals surface area contributed by atoms with Crippen molar-refractivity contribution in [1.29, 1.82) is 0 Å². The zero-order valence-corrected chi connectivity index (χ0v) is 14.7. The monoisotopic (exact) mass is 353 g/mol. The molecule has 4 nitrogen and oxygen atoms in total. The third kappa shape index (κ3) is 3.35. The number of nitrogens with zero attached hydrogens (tertiary/aromatic N) is 2. The highest BCUT2D eigenvalue weighted by atomic mass is 35.5. The van der Waals surface area contributed by atoms with Gasteiger partial charge in [0, 0.05) is 54.0 Å². The van der Waals surface area contributed by atoms with Crippen LogP contribution in [0.2, 0.25) is 5.02 Å². The molecule has 25 heavy (non-hydrogen) atoms. The van der Waals surface area contributed by atoms with Crippen LogP contribution in [0.4, 0.5) is 5.69 Å². The van der Waals surface area contributed by atoms with E-state index in [0.717, 1.165) is 53.4 Å². The van der Waals surface area contributed by atoms with Gasteiger partial charge in [0.05, 0.1) is 6.42 Å². The summed E-state index contributed by atoms with van der Waals surface area (Å²) in [6, 6.07) is 16.0. The standard InChI is InChI=1S/C20H20ClN3O/c21-16-5-7-17(8-6-16)23-9-11-24(12-10-23)20(25)13-15-14-22-19-4-2-1-3-18(15)19/h1-8,14,22H,9-13H2. The highest BCUT2D eigenvalue weighted by Crippen LogP contribution is 2.21. The van der Waals surface area contributed by atoms with E-state index in [2.05, 4.69) is 16.0 Å². The molecule has 0 saturated carbocycles. The van der Waals surface area contributed by atoms with Crippen LogP contribution >= 0.6 is 11.6 Å². The maximum atomic E-state index is 12.7. The summed E-state index contributed by atoms with van der Waals surface area (Å²) in [5.74, 6) is 0.195. The number of aromatic nitrogens is 1. The molecule has 1 aliphatic rings. The van der Waals surface area contributed by atoms with Gasteiger partial charge in [0.15, 0.2) is 0 Å². The molecule has 1 saturated heterocycles. The molecule has 0 bridgehead atoms. The third-order valence-corrected chi connectivity index (χ3v) is 5.09. The lowest BCUT2D eigenvalue weighted by atomic mass is 10.1. The molecule has 1 N–H and O–H groups in total. The quantitative estimate of drug-likeness (QED) is 0.779. The zero-order valence-electron chi connectivity index (χ0n) is 13.9. The second-order valence-corrected chi connectivity index (χ2v) is 6.82. The molecular weight excluding hydrogens is 334 g/mol. The smallest absolute Gasteiger partial charge is 0.227 e. The summed E-state index contributed by atoms with van der Waals surface area (Å²) in [5, 5.41) is 1.88. The van der Waals surface area contributed by atoms with Gasteiger partial charge in [-0.15, -0.1) is 0 Å². The van der Waals surface area contributed by atoms with E-state index in [0.29, 0.717) is 6.42 Å². The van der Waals surface area contributed by atoms with Gasteiger partial charge in [-0.25, -0.2) is 0 Å². The van der Waals surface area contributed by atoms with Crippen LogP contribution in [0, 0.1) is 0 Å². The number of piperazine rings is 1. The molecule has 2 aromatic carbocycles. The van der Waals surface area contributed by atoms with E-state index >= 15 is 0 Å². The normalized spacial score (nSPS) is 14.9. The molecule has 0 spiro atoms. The number of hydrogen-bond acceptors (Lipinski definition) is 2. The van der Waals surface area contributed by atoms with Crippen molar-refractivity contribution in [2.75, 3.05) is 31.1 Å². The van der Waals surface area contributed by atoms with Gasteiger partial charge in [-0.05, 0) is 35.9 Å². The van der Waals surface area contributed by atoms with E-state index in [9.17, 15) is 4.79 Å². The second-order valence-electron chi connectivity index (χ2n) is 6.38. The lowest BCUT2D eigenvalue weighted by molar-refractivity contribution is -0.130. The number of carbonyl (C=O) groups is 1. The number of benzene rings is 2. The van der Waals surface area contributed by atoms with Gasteiger partial charge in [-0.2, -0.15) is 0 Å². The van der Waals surface area contributed by atoms with E-state index in [1.165, 1.54) is 0 Å². The molecule has 128 valence electrons. The number of carbonyl (C=O) groups excluding carboxylic acids is 1. The molecule has 0 radical (unpaired) electrons. The topological polar surface area (TPSA) is 39.3 Å². The van der Waals surface area contributed by atoms with Gasteiger partial charge in [0.2, 0.25) is 5.91 Å². The minimum atomic E-state index is 0.195. The molecule has 1 aromatic heterocycles. The Labute approximate surface area is 152 Å². The van der Waals surface area contributed by atoms with Gasteiger partial charge in [0.1, 0.15) is 0 Å². The summed E-state index contributed by atoms with van der Waals surface area (Å²) in [5.41, 5.74) is 3.31. The first-order valence-electron chi connectivity index (χ1n) is 8.54. The number of rotatable bonds is 3. The predicted molar refractivity (Wildman–Crippen MR) is 102 cm³/mol. The Hall–Kier alpha value is -2.46. The molecule has 1 amide bonds. The van der Waals surface area contributed by atoms with Gasteiger partial charge in [0.25, 0.3) is 0 Å². The van der Waals surface area contributed by atoms with Crippen LogP contribution in [-0.2, 0) is 11.2 Å². The van der Waals surface area contributed by atoms with Crippen molar-refractivity contribution >= 4 is 34.1 Å². The number of fused-ring (bicyclic) bond motifs is 1. The molecule has 2 heterocycles. The molecule has 5 heteroatoms. The SMILES string of the molecule is O=C(Cc1c[nH]c2ccccc12)N1CCN(c2ccc(Cl)cc2)CC1. The summed E-state index contributed by atoms with van der Waals surface area (Å²) in [4.78, 5) is 20.2. The summed E-state index contributed by atoms with van der Waals surface area (Å²) < 4.78 is 0. The van der Waals surface area contributed by atoms with E-state index in [1.807, 2.05) is 53.6 Å². The van der Waals surface area contributed by atoms with Crippen molar-refractivity contribution in [3.05, 3.63) is 65.3 Å². The number of amides is 1. The first-order chi connectivity index (χ1) is 12.2. The summed E-state index contributed by atoms with van der Waals surface area (Å²) in [6.07, 6.45) is 2.40. The highest BCUT2D eigenvalue weighted by molar-refractivity contribution is 6.30. The van der Waals surface area contributed by atoms with Crippen molar-refractivity contribution in [2.24, 2.45) is 0 Å². The molecule has 1 aliphatic heterocycles. The van der Waals surface area contributed by atoms with Crippen LogP contribution in [0.5, 0.6) is 0 Å². The number of H-pyrrole nitrogens is 1. The zero-order chi connectivity index (χ0) is 17.2. The minimum absolute atomic E-state index is 0.195. The van der Waals surface area contributed by atoms with Crippen LogP contribution in [0.25, 0.3) is 10.9 Å². The molecular formula is C20H20ClN3O. The first-order valence-corrected chi connectivity index (χ1v) is 8.92. The average molecular weight is 354 g/mol. The Bertz CT molecular complexity index is 879. The van der Waals surface area contributed by atoms with Crippen molar-refractivity contribution in [1.82, 2.24) is 9.88 Å². The summed E-state index contributed by atoms with van der Waals surface area (Å²) in [6.45, 7) is 3.20. The lowest BCUT2D eigenvalue weighted by Gasteiger charge is -2.36. The van der Waals surface area contributed by atoms with E-state index in [-0.39, 0.29) is 5.91 Å². The van der Waals surface area contributed by atoms with Gasteiger partial charge < -0.3 is 14.8 Å². The van der Waals surface area contributed by atoms with E-state index in [1.54, 1.807) is 0 Å². The fraction of sp³-hybridized carbons (Fsp3) is 0.250. The first kappa shape index (κ1) is 16.0. The largest absolute Gasteiger partial charge is 0.368 e. The van der Waals surface area contributed by atoms with Gasteiger partial charge in [-0.1, -0.05) is 29.8 Å². The average Bonchev–Trinajstić information content (AvgIpc) is 3.06. The van der Waals surface area contributed by atoms with Crippen LogP contribution in [0.3, 0.4) is 0 Å². The molecule has 1 fully saturated rings. The minimum Gasteiger partial charge on any atom is -0.368 e. The number of hydrogen-bond donors (Lipinski definition) is 1. The Morgan fingerprint density at radius 1 is 1.00 bits per heavy atom. The van der Waals surface area contributed by atoms with Gasteiger partial charge >= 0.3 is 0 Å². The Balaban J connectivity index is 1.39. The van der Waals surface area contributed by atoms with E-state index < -0.39 is 0 Å². The molecule has 3 aromatic rings. The summed E-state index contributed by atoms with van der Waals surface area (Å²) >= 11 is 5.95. The van der Waals surface area contributed by atoms with Crippen LogP contribution in [0.1, 0.15) is 5.56 Å². The van der Waals surface area contributed by atoms with Crippen molar-refractivity contribution in [2.45, 2.75) is 6.42 Å². The molecule has 0 atom stereocenters. The van der Waals surface area contributed by atoms with Crippen molar-refractivity contribution < 1.29 is 4.79 Å². The maximum Gasteiger partial charge on any atom is 0.227 e. The molecule has 0 aliphatic carbocycles. The number of aromatic amines is 1. The van der Waals surface area contributed by atoms with Crippen LogP contribution < -0.4 is 4.90 Å². The van der Waals surface area contributed by atoms with E-state index in [4.69, 9.17) is 11.6 Å². The second kappa shape index (κ2) is 6.81. The Kier molecular flexibility index (Phi) is 4.36. The maximum absolute atomic E-state index is 12.7. The Morgan fingerprint density at radius 2 is 1.72 bits per heavy atom. The predicted octanol–water partition coefficient (Wildman–Crippen LogP) is 3.71. The summed E-state index contributed by atoms with van der Waals surface area (Å²) in [7, 11) is 0. The van der Waals surface area contributed by atoms with Crippen LogP contribution in [-0.4, -0.2) is 42.0 Å². The fourth-order valence-corrected chi connectivity index (χ4v) is 3.54. The van der Waals surface area contributed by atoms with Gasteiger partial charge in [-0.3, -0.25) is 4.79 Å². The Morgan fingerprint density at radius 3 is 2.48 bits per heavy atom. The van der Waals surface area contributed by atoms with Crippen molar-refractivity contribution in [3.8, 4) is 0 Å². The molecule has 0 unspecified atom stereocenters. The third-order valence-electron chi connectivity index (χ3n) is 4.84.